The van der Waals surface area contributed by atoms with Crippen LogP contribution in [0, 0.1) is 23.7 Å². The van der Waals surface area contributed by atoms with Crippen molar-refractivity contribution in [3.05, 3.63) is 0 Å². The number of rotatable bonds is 68. The Bertz CT molecular complexity index is 1780. The van der Waals surface area contributed by atoms with Gasteiger partial charge in [0, 0.05) is 25.7 Å². The largest absolute Gasteiger partial charge is 0.472 e. The van der Waals surface area contributed by atoms with Crippen molar-refractivity contribution < 1.29 is 80.2 Å². The molecule has 0 aliphatic carbocycles. The quantitative estimate of drug-likeness (QED) is 0.0222. The van der Waals surface area contributed by atoms with E-state index in [1.807, 2.05) is 0 Å². The normalized spacial score (nSPS) is 14.3. The Hall–Kier alpha value is -1.94. The molecule has 5 atom stereocenters. The number of hydrogen-bond acceptors (Lipinski definition) is 15. The zero-order chi connectivity index (χ0) is 66.8. The summed E-state index contributed by atoms with van der Waals surface area (Å²) in [6, 6.07) is 0. The number of phosphoric ester groups is 2. The van der Waals surface area contributed by atoms with Crippen molar-refractivity contribution in [1.82, 2.24) is 0 Å². The first-order chi connectivity index (χ1) is 43.1. The van der Waals surface area contributed by atoms with Gasteiger partial charge in [-0.25, -0.2) is 9.13 Å². The molecule has 0 radical (unpaired) electrons. The van der Waals surface area contributed by atoms with Crippen LogP contribution in [0.4, 0.5) is 0 Å². The maximum atomic E-state index is 13.0. The molecule has 534 valence electrons. The van der Waals surface area contributed by atoms with Gasteiger partial charge in [-0.05, 0) is 49.4 Å². The number of esters is 4. The van der Waals surface area contributed by atoms with Crippen molar-refractivity contribution in [1.29, 1.82) is 0 Å². The third-order valence-corrected chi connectivity index (χ3v) is 18.2. The standard InChI is InChI=1S/C71H138O17P2/c1-61(2)47-39-31-23-18-14-12-10-9-11-13-15-20-26-37-45-53-70(75)87-66(57-81-68(73)51-43-35-28-22-25-33-41-49-63(5)6)59-85-89(77,78)83-55-65(72)56-84-90(79,80)86-60-67(58-82-69(74)52-44-36-30-29-34-42-50-64(7)8)88-71(76)54-46-38-27-21-17-16-19-24-32-40-48-62(3)4/h61-67,72H,9-60H2,1-8H3,(H,77,78)(H,79,80)/t65-,66-,67-/m1/s1. The van der Waals surface area contributed by atoms with Crippen LogP contribution in [-0.4, -0.2) is 96.7 Å². The van der Waals surface area contributed by atoms with E-state index in [9.17, 15) is 43.2 Å². The minimum absolute atomic E-state index is 0.104. The monoisotopic (exact) mass is 1320 g/mol. The molecule has 0 aromatic rings. The summed E-state index contributed by atoms with van der Waals surface area (Å²) >= 11 is 0. The van der Waals surface area contributed by atoms with E-state index in [1.54, 1.807) is 0 Å². The maximum absolute atomic E-state index is 13.0. The first-order valence-electron chi connectivity index (χ1n) is 36.7. The second kappa shape index (κ2) is 60.7. The van der Waals surface area contributed by atoms with Crippen LogP contribution in [0.1, 0.15) is 351 Å². The van der Waals surface area contributed by atoms with E-state index in [1.165, 1.54) is 141 Å². The molecule has 0 spiro atoms. The summed E-state index contributed by atoms with van der Waals surface area (Å²) in [5, 5.41) is 10.6. The van der Waals surface area contributed by atoms with Crippen molar-refractivity contribution in [2.45, 2.75) is 369 Å². The van der Waals surface area contributed by atoms with Gasteiger partial charge in [-0.3, -0.25) is 37.3 Å². The molecule has 0 fully saturated rings. The number of phosphoric acid groups is 2. The summed E-state index contributed by atoms with van der Waals surface area (Å²) in [5.74, 6) is 0.808. The Labute approximate surface area is 549 Å². The lowest BCUT2D eigenvalue weighted by molar-refractivity contribution is -0.161. The SMILES string of the molecule is CC(C)CCCCCCCCCCCCCCCCCC(=O)O[C@H](COC(=O)CCCCCCCCCC(C)C)COP(=O)(O)OC[C@@H](O)COP(=O)(O)OC[C@@H](COC(=O)CCCCCCCCC(C)C)OC(=O)CCCCCCCCCCCCC(C)C. The van der Waals surface area contributed by atoms with Gasteiger partial charge in [-0.1, -0.05) is 299 Å². The van der Waals surface area contributed by atoms with Gasteiger partial charge < -0.3 is 33.8 Å². The Morgan fingerprint density at radius 3 is 0.689 bits per heavy atom. The molecule has 3 N–H and O–H groups in total. The summed E-state index contributed by atoms with van der Waals surface area (Å²) in [5.41, 5.74) is 0. The van der Waals surface area contributed by atoms with Gasteiger partial charge >= 0.3 is 39.5 Å². The molecule has 0 rings (SSSR count). The van der Waals surface area contributed by atoms with E-state index in [0.717, 1.165) is 115 Å². The van der Waals surface area contributed by atoms with Crippen LogP contribution < -0.4 is 0 Å². The fourth-order valence-electron chi connectivity index (χ4n) is 10.7. The number of ether oxygens (including phenoxy) is 4. The van der Waals surface area contributed by atoms with E-state index in [2.05, 4.69) is 55.4 Å². The number of aliphatic hydroxyl groups is 1. The van der Waals surface area contributed by atoms with Crippen LogP contribution in [0.2, 0.25) is 0 Å². The highest BCUT2D eigenvalue weighted by Gasteiger charge is 2.30. The summed E-state index contributed by atoms with van der Waals surface area (Å²) < 4.78 is 68.3. The average Bonchev–Trinajstić information content (AvgIpc) is 3.68. The van der Waals surface area contributed by atoms with Crippen LogP contribution in [0.15, 0.2) is 0 Å². The van der Waals surface area contributed by atoms with Crippen molar-refractivity contribution in [3.8, 4) is 0 Å². The van der Waals surface area contributed by atoms with E-state index in [0.29, 0.717) is 37.5 Å². The highest BCUT2D eigenvalue weighted by molar-refractivity contribution is 7.47. The minimum Gasteiger partial charge on any atom is -0.462 e. The highest BCUT2D eigenvalue weighted by Crippen LogP contribution is 2.45. The van der Waals surface area contributed by atoms with E-state index in [-0.39, 0.29) is 25.7 Å². The lowest BCUT2D eigenvalue weighted by Gasteiger charge is -2.21. The summed E-state index contributed by atoms with van der Waals surface area (Å²) in [6.45, 7) is 14.0. The molecule has 0 aliphatic heterocycles. The number of carbonyl (C=O) groups excluding carboxylic acids is 4. The van der Waals surface area contributed by atoms with Crippen LogP contribution in [-0.2, 0) is 65.4 Å². The number of aliphatic hydroxyl groups excluding tert-OH is 1. The molecule has 0 heterocycles. The minimum atomic E-state index is -4.95. The van der Waals surface area contributed by atoms with E-state index in [4.69, 9.17) is 37.0 Å². The Balaban J connectivity index is 5.21. The second-order valence-corrected chi connectivity index (χ2v) is 30.4. The molecular formula is C71H138O17P2. The van der Waals surface area contributed by atoms with Gasteiger partial charge in [0.2, 0.25) is 0 Å². The third-order valence-electron chi connectivity index (χ3n) is 16.3. The summed E-state index contributed by atoms with van der Waals surface area (Å²) in [7, 11) is -9.90. The molecule has 0 aliphatic rings. The molecule has 19 heteroatoms. The van der Waals surface area contributed by atoms with E-state index < -0.39 is 97.5 Å². The molecule has 0 aromatic carbocycles. The molecule has 0 saturated heterocycles. The molecular weight excluding hydrogens is 1190 g/mol. The lowest BCUT2D eigenvalue weighted by Crippen LogP contribution is -2.30. The first kappa shape index (κ1) is 88.1. The number of unbranched alkanes of at least 4 members (excludes halogenated alkanes) is 34. The smallest absolute Gasteiger partial charge is 0.462 e. The second-order valence-electron chi connectivity index (χ2n) is 27.5. The van der Waals surface area contributed by atoms with Crippen LogP contribution in [0.5, 0.6) is 0 Å². The third kappa shape index (κ3) is 64.8. The van der Waals surface area contributed by atoms with Crippen molar-refractivity contribution in [2.24, 2.45) is 23.7 Å². The molecule has 0 saturated carbocycles. The molecule has 0 bridgehead atoms. The molecule has 17 nitrogen and oxygen atoms in total. The first-order valence-corrected chi connectivity index (χ1v) is 39.7. The van der Waals surface area contributed by atoms with Crippen LogP contribution >= 0.6 is 15.6 Å². The van der Waals surface area contributed by atoms with E-state index >= 15 is 0 Å². The van der Waals surface area contributed by atoms with Gasteiger partial charge in [-0.2, -0.15) is 0 Å². The van der Waals surface area contributed by atoms with Crippen molar-refractivity contribution >= 4 is 39.5 Å². The van der Waals surface area contributed by atoms with Crippen LogP contribution in [0.3, 0.4) is 0 Å². The number of hydrogen-bond donors (Lipinski definition) is 3. The zero-order valence-corrected chi connectivity index (χ0v) is 60.6. The van der Waals surface area contributed by atoms with Crippen molar-refractivity contribution in [3.63, 3.8) is 0 Å². The fraction of sp³-hybridized carbons (Fsp3) is 0.944. The summed E-state index contributed by atoms with van der Waals surface area (Å²) in [6.07, 6.45) is 43.3. The topological polar surface area (TPSA) is 237 Å². The predicted octanol–water partition coefficient (Wildman–Crippen LogP) is 20.1. The average molecular weight is 1330 g/mol. The Morgan fingerprint density at radius 2 is 0.467 bits per heavy atom. The fourth-order valence-corrected chi connectivity index (χ4v) is 12.2. The van der Waals surface area contributed by atoms with Gasteiger partial charge in [0.05, 0.1) is 26.4 Å². The maximum Gasteiger partial charge on any atom is 0.472 e. The highest BCUT2D eigenvalue weighted by atomic mass is 31.2. The van der Waals surface area contributed by atoms with Crippen LogP contribution in [0.25, 0.3) is 0 Å². The molecule has 2 unspecified atom stereocenters. The zero-order valence-electron chi connectivity index (χ0n) is 58.8. The Kier molecular flexibility index (Phi) is 59.4. The number of carbonyl (C=O) groups is 4. The van der Waals surface area contributed by atoms with Gasteiger partial charge in [0.25, 0.3) is 0 Å². The summed E-state index contributed by atoms with van der Waals surface area (Å²) in [4.78, 5) is 72.5. The molecule has 0 aromatic heterocycles. The predicted molar refractivity (Wildman–Crippen MR) is 363 cm³/mol. The lowest BCUT2D eigenvalue weighted by atomic mass is 10.0. The van der Waals surface area contributed by atoms with Gasteiger partial charge in [-0.15, -0.1) is 0 Å². The molecule has 90 heavy (non-hydrogen) atoms. The Morgan fingerprint density at radius 1 is 0.278 bits per heavy atom. The van der Waals surface area contributed by atoms with Gasteiger partial charge in [0.1, 0.15) is 19.3 Å². The molecule has 0 amide bonds. The van der Waals surface area contributed by atoms with Crippen molar-refractivity contribution in [2.75, 3.05) is 39.6 Å². The van der Waals surface area contributed by atoms with Gasteiger partial charge in [0.15, 0.2) is 12.2 Å².